The molecule has 6 saturated carbocycles. The van der Waals surface area contributed by atoms with Gasteiger partial charge in [-0.2, -0.15) is 0 Å². The topological polar surface area (TPSA) is 88.4 Å². The van der Waals surface area contributed by atoms with Gasteiger partial charge in [0, 0.05) is 0 Å². The largest absolute Gasteiger partial charge is 0.414 e. The fourth-order valence-corrected chi connectivity index (χ4v) is 18.3. The highest BCUT2D eigenvalue weighted by Crippen LogP contribution is 2.55. The smallest absolute Gasteiger partial charge is 0.192 e. The molecule has 0 aromatic carbocycles. The van der Waals surface area contributed by atoms with Crippen molar-refractivity contribution in [3.8, 4) is 0 Å². The van der Waals surface area contributed by atoms with Crippen LogP contribution in [0.5, 0.6) is 0 Å². The van der Waals surface area contributed by atoms with E-state index in [1.54, 1.807) is 16.7 Å². The molecular weight excluding hydrogens is 937 g/mol. The number of aliphatic hydroxyl groups excluding tert-OH is 2. The second kappa shape index (κ2) is 25.0. The van der Waals surface area contributed by atoms with E-state index in [4.69, 9.17) is 13.3 Å². The van der Waals surface area contributed by atoms with E-state index in [2.05, 4.69) is 126 Å². The van der Waals surface area contributed by atoms with Crippen molar-refractivity contribution >= 4 is 25.0 Å². The lowest BCUT2D eigenvalue weighted by Crippen LogP contribution is -2.48. The minimum Gasteiger partial charge on any atom is -0.414 e. The third-order valence-electron chi connectivity index (χ3n) is 19.3. The Morgan fingerprint density at radius 1 is 0.542 bits per heavy atom. The normalized spacial score (nSPS) is 31.7. The van der Waals surface area contributed by atoms with Crippen LogP contribution in [-0.4, -0.2) is 75.9 Å². The molecule has 0 bridgehead atoms. The van der Waals surface area contributed by atoms with Gasteiger partial charge in [-0.25, -0.2) is 0 Å². The molecule has 72 heavy (non-hydrogen) atoms. The van der Waals surface area contributed by atoms with Gasteiger partial charge < -0.3 is 28.6 Å². The Labute approximate surface area is 448 Å². The van der Waals surface area contributed by atoms with Gasteiger partial charge >= 0.3 is 0 Å². The van der Waals surface area contributed by atoms with Gasteiger partial charge in [-0.15, -0.1) is 0 Å². The molecule has 0 amide bonds. The zero-order valence-corrected chi connectivity index (χ0v) is 53.2. The molecule has 0 aliphatic heterocycles. The molecule has 8 atom stereocenters. The van der Waals surface area contributed by atoms with Crippen molar-refractivity contribution in [3.63, 3.8) is 0 Å². The molecule has 6 aliphatic rings. The Balaban J connectivity index is 0.000000302. The molecule has 0 heterocycles. The summed E-state index contributed by atoms with van der Waals surface area (Å²) in [6.45, 7) is 39.2. The molecular formula is C63H116O6Si3. The van der Waals surface area contributed by atoms with E-state index < -0.39 is 30.6 Å². The molecule has 416 valence electrons. The highest BCUT2D eigenvalue weighted by Gasteiger charge is 2.45. The van der Waals surface area contributed by atoms with E-state index in [1.807, 2.05) is 13.8 Å². The molecule has 6 rings (SSSR count). The summed E-state index contributed by atoms with van der Waals surface area (Å²) in [5.74, 6) is 1.75. The maximum atomic E-state index is 9.92. The summed E-state index contributed by atoms with van der Waals surface area (Å²) >= 11 is 0. The molecule has 6 nitrogen and oxygen atoms in total. The van der Waals surface area contributed by atoms with Crippen LogP contribution in [0.25, 0.3) is 0 Å². The monoisotopic (exact) mass is 1050 g/mol. The van der Waals surface area contributed by atoms with Crippen LogP contribution >= 0.6 is 0 Å². The Morgan fingerprint density at radius 2 is 0.944 bits per heavy atom. The summed E-state index contributed by atoms with van der Waals surface area (Å²) in [5, 5.41) is 30.1. The predicted octanol–water partition coefficient (Wildman–Crippen LogP) is 18.0. The van der Waals surface area contributed by atoms with Crippen LogP contribution in [0.3, 0.4) is 0 Å². The minimum absolute atomic E-state index is 0.0254. The van der Waals surface area contributed by atoms with Gasteiger partial charge in [0.2, 0.25) is 0 Å². The Kier molecular flexibility index (Phi) is 21.6. The van der Waals surface area contributed by atoms with E-state index in [-0.39, 0.29) is 40.1 Å². The van der Waals surface area contributed by atoms with Crippen LogP contribution in [-0.2, 0) is 13.3 Å². The summed E-state index contributed by atoms with van der Waals surface area (Å²) < 4.78 is 20.6. The van der Waals surface area contributed by atoms with E-state index in [0.717, 1.165) is 56.8 Å². The van der Waals surface area contributed by atoms with Crippen molar-refractivity contribution in [2.75, 3.05) is 0 Å². The molecule has 0 unspecified atom stereocenters. The first kappa shape index (κ1) is 62.2. The lowest BCUT2D eigenvalue weighted by molar-refractivity contribution is 0.0608. The second-order valence-corrected chi connectivity index (χ2v) is 44.7. The van der Waals surface area contributed by atoms with Crippen LogP contribution in [0.2, 0.25) is 55.9 Å². The van der Waals surface area contributed by atoms with Gasteiger partial charge in [0.05, 0.1) is 35.6 Å². The molecule has 6 fully saturated rings. The van der Waals surface area contributed by atoms with Crippen molar-refractivity contribution < 1.29 is 28.6 Å². The second-order valence-electron chi connectivity index (χ2n) is 30.7. The van der Waals surface area contributed by atoms with Crippen LogP contribution in [0.4, 0.5) is 0 Å². The van der Waals surface area contributed by atoms with E-state index in [0.29, 0.717) is 17.3 Å². The van der Waals surface area contributed by atoms with E-state index >= 15 is 0 Å². The molecule has 0 radical (unpaired) electrons. The average Bonchev–Trinajstić information content (AvgIpc) is 3.78. The summed E-state index contributed by atoms with van der Waals surface area (Å²) in [6, 6.07) is 0. The van der Waals surface area contributed by atoms with Crippen LogP contribution in [0.1, 0.15) is 236 Å². The molecule has 0 aromatic heterocycles. The standard InChI is InChI=1S/C39H76O3Si3.C24H40O3/c1-36(2,3)44(12,13)40-34-26-33(27-35(28-34)41-45(14,15)37(4,5)6)21-20-31-19-17-24-39(29-31)25-22-32(30-39)18-16-23-38(7,8)42-43(9,10)11;1-23(2,27)10-3-5-19-9-12-24(17-19)11-4-6-18(16-24)7-8-20-13-21(25)15-22(26)14-20/h20-21,32,34-35H,16-19,22-30H2,1-15H3;7-8,19,21-22,25-27H,3-6,9-17H2,1-2H3/b31-20+;18-7+/t32-,34-,35-,39+;19-,21-,22-,24+/m11/s1. The average molecular weight is 1050 g/mol. The van der Waals surface area contributed by atoms with Gasteiger partial charge in [-0.1, -0.05) is 114 Å². The Morgan fingerprint density at radius 3 is 1.35 bits per heavy atom. The highest BCUT2D eigenvalue weighted by molar-refractivity contribution is 6.74. The fraction of sp³-hybridized carbons (Fsp3) is 0.873. The predicted molar refractivity (Wildman–Crippen MR) is 315 cm³/mol. The SMILES string of the molecule is CC(C)(CCC[C@@H]1CC[C@]2(CCC/C(=C\C=C3C[C@@H](O[Si](C)(C)C(C)(C)C)C[C@H](O[Si](C)(C)C(C)(C)C)C3)C2)C1)O[Si](C)(C)C.CC(C)(O)CCC[C@@H]1CC[C@]2(CCC/C(=C\C=C3C[C@@H](O)C[C@H](O)C3)C2)C1. The summed E-state index contributed by atoms with van der Waals surface area (Å²) in [6.07, 6.45) is 40.6. The van der Waals surface area contributed by atoms with E-state index in [9.17, 15) is 15.3 Å². The van der Waals surface area contributed by atoms with Crippen molar-refractivity contribution in [1.29, 1.82) is 0 Å². The van der Waals surface area contributed by atoms with Crippen LogP contribution in [0.15, 0.2) is 46.6 Å². The minimum atomic E-state index is -1.85. The number of hydrogen-bond donors (Lipinski definition) is 3. The lowest BCUT2D eigenvalue weighted by Gasteiger charge is -2.45. The number of rotatable bonds is 16. The highest BCUT2D eigenvalue weighted by atomic mass is 28.4. The zero-order valence-electron chi connectivity index (χ0n) is 50.2. The maximum absolute atomic E-state index is 9.92. The number of aliphatic hydroxyl groups is 3. The first-order valence-electron chi connectivity index (χ1n) is 29.9. The summed E-state index contributed by atoms with van der Waals surface area (Å²) in [4.78, 5) is 0. The summed E-state index contributed by atoms with van der Waals surface area (Å²) in [7, 11) is -5.21. The third kappa shape index (κ3) is 20.0. The molecule has 9 heteroatoms. The molecule has 0 saturated heterocycles. The van der Waals surface area contributed by atoms with Crippen LogP contribution in [0, 0.1) is 22.7 Å². The van der Waals surface area contributed by atoms with Crippen molar-refractivity contribution in [2.24, 2.45) is 22.7 Å². The van der Waals surface area contributed by atoms with E-state index in [1.165, 1.54) is 121 Å². The lowest BCUT2D eigenvalue weighted by atomic mass is 9.70. The number of hydrogen-bond acceptors (Lipinski definition) is 6. The number of allylic oxidation sites excluding steroid dienone is 6. The van der Waals surface area contributed by atoms with Gasteiger partial charge in [0.25, 0.3) is 0 Å². The molecule has 3 N–H and O–H groups in total. The van der Waals surface area contributed by atoms with Gasteiger partial charge in [-0.3, -0.25) is 0 Å². The molecule has 6 aliphatic carbocycles. The van der Waals surface area contributed by atoms with Crippen LogP contribution < -0.4 is 0 Å². The molecule has 2 spiro atoms. The first-order chi connectivity index (χ1) is 33.0. The van der Waals surface area contributed by atoms with Gasteiger partial charge in [0.1, 0.15) is 0 Å². The van der Waals surface area contributed by atoms with Crippen molar-refractivity contribution in [3.05, 3.63) is 46.6 Å². The Bertz CT molecular complexity index is 1800. The molecule has 0 aromatic rings. The van der Waals surface area contributed by atoms with Crippen molar-refractivity contribution in [2.45, 2.75) is 328 Å². The zero-order chi connectivity index (χ0) is 53.6. The van der Waals surface area contributed by atoms with Crippen molar-refractivity contribution in [1.82, 2.24) is 0 Å². The first-order valence-corrected chi connectivity index (χ1v) is 39.2. The Hall–Kier alpha value is -0.629. The third-order valence-corrected chi connectivity index (χ3v) is 29.5. The van der Waals surface area contributed by atoms with Gasteiger partial charge in [0.15, 0.2) is 25.0 Å². The quantitative estimate of drug-likeness (QED) is 0.134. The van der Waals surface area contributed by atoms with Gasteiger partial charge in [-0.05, 0) is 248 Å². The maximum Gasteiger partial charge on any atom is 0.192 e. The fourth-order valence-electron chi connectivity index (χ4n) is 13.8. The summed E-state index contributed by atoms with van der Waals surface area (Å²) in [5.41, 5.74) is 6.61.